The Kier molecular flexibility index (Phi) is 11.6. The zero-order chi connectivity index (χ0) is 34.4. The van der Waals surface area contributed by atoms with Gasteiger partial charge in [0.25, 0.3) is 5.91 Å². The van der Waals surface area contributed by atoms with Gasteiger partial charge in [-0.15, -0.1) is 0 Å². The first kappa shape index (κ1) is 35.8. The molecule has 0 unspecified atom stereocenters. The molecule has 4 aromatic rings. The number of halogens is 2. The fourth-order valence-corrected chi connectivity index (χ4v) is 7.08. The van der Waals surface area contributed by atoms with Gasteiger partial charge in [0, 0.05) is 26.2 Å². The van der Waals surface area contributed by atoms with E-state index in [1.165, 1.54) is 60.9 Å². The second-order valence-corrected chi connectivity index (χ2v) is 15.2. The van der Waals surface area contributed by atoms with E-state index < -0.39 is 32.5 Å². The molecule has 0 saturated heterocycles. The molecule has 0 saturated carbocycles. The molecular weight excluding hydrogens is 689 g/mol. The van der Waals surface area contributed by atoms with Gasteiger partial charge in [-0.25, -0.2) is 22.3 Å². The molecule has 0 aliphatic carbocycles. The standard InChI is InChI=1S/C31H31Cl2N5O7S2/c1-21-4-11-28(12-5-21)47(43,44)38(18-23-6-15-29(32)30(33)16-23)19-26-10-9-25(45-26)17-34-36-31(40)20-37(3)46(41,42)27-13-7-24(8-14-27)35-22(2)39/h4-17H,18-20H2,1-3H3,(H,35,39)(H,36,40)/b34-17-. The molecule has 16 heteroatoms. The highest BCUT2D eigenvalue weighted by molar-refractivity contribution is 7.89. The highest BCUT2D eigenvalue weighted by atomic mass is 35.5. The summed E-state index contributed by atoms with van der Waals surface area (Å²) in [5.41, 5.74) is 4.19. The first-order valence-corrected chi connectivity index (χ1v) is 17.5. The predicted molar refractivity (Wildman–Crippen MR) is 179 cm³/mol. The lowest BCUT2D eigenvalue weighted by atomic mass is 10.2. The van der Waals surface area contributed by atoms with Gasteiger partial charge in [-0.1, -0.05) is 47.0 Å². The number of benzene rings is 3. The van der Waals surface area contributed by atoms with Crippen LogP contribution in [0.1, 0.15) is 29.6 Å². The average molecular weight is 721 g/mol. The Balaban J connectivity index is 1.41. The Morgan fingerprint density at radius 3 is 2.13 bits per heavy atom. The minimum Gasteiger partial charge on any atom is -0.459 e. The molecule has 0 aliphatic heterocycles. The van der Waals surface area contributed by atoms with Gasteiger partial charge in [0.15, 0.2) is 0 Å². The van der Waals surface area contributed by atoms with Crippen molar-refractivity contribution in [2.24, 2.45) is 5.10 Å². The number of hydrogen-bond acceptors (Lipinski definition) is 8. The molecule has 1 aromatic heterocycles. The van der Waals surface area contributed by atoms with E-state index in [1.54, 1.807) is 42.5 Å². The molecule has 4 rings (SSSR count). The molecular formula is C31H31Cl2N5O7S2. The van der Waals surface area contributed by atoms with Crippen LogP contribution in [0.2, 0.25) is 10.0 Å². The van der Waals surface area contributed by atoms with Crippen LogP contribution >= 0.6 is 23.2 Å². The van der Waals surface area contributed by atoms with Crippen molar-refractivity contribution >= 4 is 67.0 Å². The van der Waals surface area contributed by atoms with E-state index in [4.69, 9.17) is 27.6 Å². The number of anilines is 1. The second kappa shape index (κ2) is 15.2. The number of nitrogens with one attached hydrogen (secondary N) is 2. The third-order valence-corrected chi connectivity index (χ3v) is 11.0. The summed E-state index contributed by atoms with van der Waals surface area (Å²) in [6.45, 7) is 2.50. The predicted octanol–water partition coefficient (Wildman–Crippen LogP) is 5.02. The molecule has 2 N–H and O–H groups in total. The van der Waals surface area contributed by atoms with Crippen molar-refractivity contribution in [1.29, 1.82) is 0 Å². The summed E-state index contributed by atoms with van der Waals surface area (Å²) in [4.78, 5) is 23.7. The Labute approximate surface area is 283 Å². The number of rotatable bonds is 13. The molecule has 0 fully saturated rings. The molecule has 2 amide bonds. The van der Waals surface area contributed by atoms with Crippen LogP contribution < -0.4 is 10.7 Å². The fourth-order valence-electron chi connectivity index (χ4n) is 4.23. The molecule has 0 spiro atoms. The molecule has 12 nitrogen and oxygen atoms in total. The van der Waals surface area contributed by atoms with Gasteiger partial charge >= 0.3 is 0 Å². The molecule has 0 bridgehead atoms. The summed E-state index contributed by atoms with van der Waals surface area (Å²) in [6.07, 6.45) is 1.20. The van der Waals surface area contributed by atoms with Crippen LogP contribution in [-0.2, 0) is 42.7 Å². The average Bonchev–Trinajstić information content (AvgIpc) is 3.46. The molecule has 3 aromatic carbocycles. The third kappa shape index (κ3) is 9.50. The second-order valence-electron chi connectivity index (χ2n) is 10.4. The van der Waals surface area contributed by atoms with Crippen LogP contribution in [0, 0.1) is 6.92 Å². The van der Waals surface area contributed by atoms with Crippen molar-refractivity contribution in [1.82, 2.24) is 14.0 Å². The number of nitrogens with zero attached hydrogens (tertiary/aromatic N) is 3. The van der Waals surface area contributed by atoms with E-state index in [-0.39, 0.29) is 39.6 Å². The number of likely N-dealkylation sites (N-methyl/N-ethyl adjacent to an activating group) is 1. The van der Waals surface area contributed by atoms with E-state index in [1.807, 2.05) is 6.92 Å². The van der Waals surface area contributed by atoms with Crippen molar-refractivity contribution in [2.45, 2.75) is 36.7 Å². The zero-order valence-corrected chi connectivity index (χ0v) is 28.6. The highest BCUT2D eigenvalue weighted by Crippen LogP contribution is 2.27. The van der Waals surface area contributed by atoms with Crippen LogP contribution in [-0.4, -0.2) is 57.1 Å². The van der Waals surface area contributed by atoms with E-state index in [2.05, 4.69) is 15.8 Å². The SMILES string of the molecule is CC(=O)Nc1ccc(S(=O)(=O)N(C)CC(=O)N/N=C\c2ccc(CN(Cc3ccc(Cl)c(Cl)c3)S(=O)(=O)c3ccc(C)cc3)o2)cc1. The number of sulfonamides is 2. The molecule has 0 radical (unpaired) electrons. The molecule has 248 valence electrons. The summed E-state index contributed by atoms with van der Waals surface area (Å²) in [5, 5.41) is 7.01. The lowest BCUT2D eigenvalue weighted by Crippen LogP contribution is -2.36. The Morgan fingerprint density at radius 1 is 0.851 bits per heavy atom. The number of carbonyl (C=O) groups is 2. The maximum absolute atomic E-state index is 13.7. The van der Waals surface area contributed by atoms with Gasteiger partial charge < -0.3 is 9.73 Å². The van der Waals surface area contributed by atoms with Gasteiger partial charge in [-0.2, -0.15) is 13.7 Å². The summed E-state index contributed by atoms with van der Waals surface area (Å²) in [6, 6.07) is 20.0. The summed E-state index contributed by atoms with van der Waals surface area (Å²) in [7, 11) is -6.73. The van der Waals surface area contributed by atoms with Gasteiger partial charge in [-0.3, -0.25) is 9.59 Å². The highest BCUT2D eigenvalue weighted by Gasteiger charge is 2.27. The fraction of sp³-hybridized carbons (Fsp3) is 0.194. The van der Waals surface area contributed by atoms with Crippen LogP contribution in [0.25, 0.3) is 0 Å². The summed E-state index contributed by atoms with van der Waals surface area (Å²) in [5.74, 6) is -0.508. The van der Waals surface area contributed by atoms with E-state index in [9.17, 15) is 26.4 Å². The largest absolute Gasteiger partial charge is 0.459 e. The summed E-state index contributed by atoms with van der Waals surface area (Å²) < 4.78 is 60.9. The number of amides is 2. The zero-order valence-electron chi connectivity index (χ0n) is 25.5. The summed E-state index contributed by atoms with van der Waals surface area (Å²) >= 11 is 12.2. The maximum Gasteiger partial charge on any atom is 0.255 e. The smallest absolute Gasteiger partial charge is 0.255 e. The van der Waals surface area contributed by atoms with E-state index in [0.29, 0.717) is 22.0 Å². The van der Waals surface area contributed by atoms with Gasteiger partial charge in [0.1, 0.15) is 11.5 Å². The van der Waals surface area contributed by atoms with E-state index >= 15 is 0 Å². The Morgan fingerprint density at radius 2 is 1.49 bits per heavy atom. The minimum atomic E-state index is -4.00. The van der Waals surface area contributed by atoms with Crippen molar-refractivity contribution < 1.29 is 30.8 Å². The Hall–Kier alpha value is -4.05. The quantitative estimate of drug-likeness (QED) is 0.145. The first-order valence-electron chi connectivity index (χ1n) is 13.9. The minimum absolute atomic E-state index is 0.0247. The topological polar surface area (TPSA) is 158 Å². The van der Waals surface area contributed by atoms with Gasteiger partial charge in [0.2, 0.25) is 26.0 Å². The van der Waals surface area contributed by atoms with Crippen LogP contribution in [0.4, 0.5) is 5.69 Å². The van der Waals surface area contributed by atoms with Crippen molar-refractivity contribution in [3.05, 3.63) is 112 Å². The number of furan rings is 1. The van der Waals surface area contributed by atoms with Crippen LogP contribution in [0.3, 0.4) is 0 Å². The lowest BCUT2D eigenvalue weighted by molar-refractivity contribution is -0.121. The number of hydrazone groups is 1. The van der Waals surface area contributed by atoms with Crippen molar-refractivity contribution in [3.63, 3.8) is 0 Å². The van der Waals surface area contributed by atoms with Gasteiger partial charge in [-0.05, 0) is 73.2 Å². The molecule has 0 aliphatic rings. The number of hydrogen-bond donors (Lipinski definition) is 2. The van der Waals surface area contributed by atoms with Crippen molar-refractivity contribution in [2.75, 3.05) is 18.9 Å². The molecule has 0 atom stereocenters. The first-order chi connectivity index (χ1) is 22.1. The lowest BCUT2D eigenvalue weighted by Gasteiger charge is -2.22. The Bertz CT molecular complexity index is 2000. The normalized spacial score (nSPS) is 12.1. The van der Waals surface area contributed by atoms with Crippen molar-refractivity contribution in [3.8, 4) is 0 Å². The third-order valence-electron chi connectivity index (χ3n) is 6.65. The van der Waals surface area contributed by atoms with Gasteiger partial charge in [0.05, 0.1) is 39.1 Å². The molecule has 47 heavy (non-hydrogen) atoms. The maximum atomic E-state index is 13.7. The molecule has 1 heterocycles. The van der Waals surface area contributed by atoms with Crippen LogP contribution in [0.5, 0.6) is 0 Å². The van der Waals surface area contributed by atoms with Crippen LogP contribution in [0.15, 0.2) is 98.2 Å². The van der Waals surface area contributed by atoms with E-state index in [0.717, 1.165) is 9.87 Å². The number of carbonyl (C=O) groups excluding carboxylic acids is 2. The monoisotopic (exact) mass is 719 g/mol. The number of aryl methyl sites for hydroxylation is 1.